The molecule has 0 radical (unpaired) electrons. The van der Waals surface area contributed by atoms with E-state index in [1.807, 2.05) is 36.0 Å². The molecule has 0 aliphatic heterocycles. The number of fused-ring (bicyclic) bond motifs is 1. The van der Waals surface area contributed by atoms with Crippen molar-refractivity contribution in [3.63, 3.8) is 0 Å². The Kier molecular flexibility index (Phi) is 4.20. The molecule has 2 rings (SSSR count). The number of aromatic nitrogens is 2. The van der Waals surface area contributed by atoms with E-state index in [9.17, 15) is 4.79 Å². The quantitative estimate of drug-likeness (QED) is 0.763. The topological polar surface area (TPSA) is 34.9 Å². The first-order chi connectivity index (χ1) is 8.33. The molecule has 0 saturated carbocycles. The Hall–Kier alpha value is -1.29. The van der Waals surface area contributed by atoms with Crippen molar-refractivity contribution in [2.24, 2.45) is 0 Å². The van der Waals surface area contributed by atoms with Gasteiger partial charge in [-0.25, -0.2) is 4.68 Å². The Balaban J connectivity index is 2.18. The SMILES string of the molecule is CCSCCCn1ncc2ccccc2c1=O. The molecule has 1 aromatic heterocycles. The molecule has 4 heteroatoms. The summed E-state index contributed by atoms with van der Waals surface area (Å²) in [6.07, 6.45) is 2.76. The van der Waals surface area contributed by atoms with Gasteiger partial charge in [0.15, 0.2) is 0 Å². The zero-order chi connectivity index (χ0) is 12.1. The molecule has 1 heterocycles. The average Bonchev–Trinajstić information content (AvgIpc) is 2.37. The summed E-state index contributed by atoms with van der Waals surface area (Å²) in [5, 5.41) is 5.87. The number of aryl methyl sites for hydroxylation is 1. The van der Waals surface area contributed by atoms with Crippen LogP contribution in [0.3, 0.4) is 0 Å². The minimum Gasteiger partial charge on any atom is -0.267 e. The molecule has 0 spiro atoms. The highest BCUT2D eigenvalue weighted by Crippen LogP contribution is 2.07. The van der Waals surface area contributed by atoms with Gasteiger partial charge in [0.05, 0.1) is 11.6 Å². The van der Waals surface area contributed by atoms with E-state index in [0.717, 1.165) is 28.7 Å². The second-order valence-electron chi connectivity index (χ2n) is 3.81. The van der Waals surface area contributed by atoms with Crippen LogP contribution in [0, 0.1) is 0 Å². The maximum atomic E-state index is 12.1. The molecule has 1 aromatic carbocycles. The highest BCUT2D eigenvalue weighted by Gasteiger charge is 2.02. The number of benzene rings is 1. The van der Waals surface area contributed by atoms with Crippen molar-refractivity contribution in [2.75, 3.05) is 11.5 Å². The first-order valence-electron chi connectivity index (χ1n) is 5.85. The summed E-state index contributed by atoms with van der Waals surface area (Å²) in [5.74, 6) is 2.21. The molecule has 90 valence electrons. The van der Waals surface area contributed by atoms with Crippen LogP contribution in [0.2, 0.25) is 0 Å². The summed E-state index contributed by atoms with van der Waals surface area (Å²) in [4.78, 5) is 12.1. The van der Waals surface area contributed by atoms with E-state index in [-0.39, 0.29) is 5.56 Å². The lowest BCUT2D eigenvalue weighted by atomic mass is 10.2. The summed E-state index contributed by atoms with van der Waals surface area (Å²) in [6, 6.07) is 7.59. The van der Waals surface area contributed by atoms with Gasteiger partial charge in [-0.3, -0.25) is 4.79 Å². The van der Waals surface area contributed by atoms with Crippen LogP contribution in [-0.2, 0) is 6.54 Å². The maximum Gasteiger partial charge on any atom is 0.274 e. The van der Waals surface area contributed by atoms with Gasteiger partial charge in [0, 0.05) is 11.9 Å². The van der Waals surface area contributed by atoms with E-state index in [1.165, 1.54) is 0 Å². The van der Waals surface area contributed by atoms with E-state index >= 15 is 0 Å². The van der Waals surface area contributed by atoms with Crippen LogP contribution in [0.15, 0.2) is 35.3 Å². The van der Waals surface area contributed by atoms with Gasteiger partial charge in [0.25, 0.3) is 5.56 Å². The summed E-state index contributed by atoms with van der Waals surface area (Å²) >= 11 is 1.89. The number of nitrogens with zero attached hydrogens (tertiary/aromatic N) is 2. The van der Waals surface area contributed by atoms with E-state index in [4.69, 9.17) is 0 Å². The first-order valence-corrected chi connectivity index (χ1v) is 7.01. The fourth-order valence-electron chi connectivity index (χ4n) is 1.75. The fourth-order valence-corrected chi connectivity index (χ4v) is 2.37. The standard InChI is InChI=1S/C13H16N2OS/c1-2-17-9-5-8-15-13(16)12-7-4-3-6-11(12)10-14-15/h3-4,6-7,10H,2,5,8-9H2,1H3. The number of hydrogen-bond donors (Lipinski definition) is 0. The van der Waals surface area contributed by atoms with Crippen molar-refractivity contribution in [1.82, 2.24) is 9.78 Å². The molecule has 0 fully saturated rings. The molecule has 17 heavy (non-hydrogen) atoms. The summed E-state index contributed by atoms with van der Waals surface area (Å²) in [6.45, 7) is 2.85. The molecule has 2 aromatic rings. The second-order valence-corrected chi connectivity index (χ2v) is 5.20. The van der Waals surface area contributed by atoms with Gasteiger partial charge in [0.2, 0.25) is 0 Å². The number of rotatable bonds is 5. The van der Waals surface area contributed by atoms with Gasteiger partial charge in [0.1, 0.15) is 0 Å². The van der Waals surface area contributed by atoms with Crippen molar-refractivity contribution in [2.45, 2.75) is 19.9 Å². The van der Waals surface area contributed by atoms with E-state index in [1.54, 1.807) is 10.9 Å². The maximum absolute atomic E-state index is 12.1. The molecular weight excluding hydrogens is 232 g/mol. The molecule has 0 aliphatic rings. The molecular formula is C13H16N2OS. The van der Waals surface area contributed by atoms with Gasteiger partial charge in [-0.05, 0) is 24.0 Å². The van der Waals surface area contributed by atoms with Gasteiger partial charge in [-0.2, -0.15) is 16.9 Å². The lowest BCUT2D eigenvalue weighted by molar-refractivity contribution is 0.577. The lowest BCUT2D eigenvalue weighted by Gasteiger charge is -2.05. The fraction of sp³-hybridized carbons (Fsp3) is 0.385. The normalized spacial score (nSPS) is 10.9. The monoisotopic (exact) mass is 248 g/mol. The van der Waals surface area contributed by atoms with Gasteiger partial charge >= 0.3 is 0 Å². The third kappa shape index (κ3) is 2.88. The summed E-state index contributed by atoms with van der Waals surface area (Å²) in [7, 11) is 0. The van der Waals surface area contributed by atoms with Crippen LogP contribution in [0.25, 0.3) is 10.8 Å². The van der Waals surface area contributed by atoms with Crippen molar-refractivity contribution in [3.8, 4) is 0 Å². The smallest absolute Gasteiger partial charge is 0.267 e. The minimum absolute atomic E-state index is 0.0181. The van der Waals surface area contributed by atoms with Crippen LogP contribution in [0.1, 0.15) is 13.3 Å². The second kappa shape index (κ2) is 5.87. The van der Waals surface area contributed by atoms with Crippen LogP contribution in [0.4, 0.5) is 0 Å². The summed E-state index contributed by atoms with van der Waals surface area (Å²) in [5.41, 5.74) is 0.0181. The third-order valence-electron chi connectivity index (χ3n) is 2.62. The Morgan fingerprint density at radius 3 is 3.00 bits per heavy atom. The zero-order valence-electron chi connectivity index (χ0n) is 9.93. The third-order valence-corrected chi connectivity index (χ3v) is 3.61. The van der Waals surface area contributed by atoms with E-state index < -0.39 is 0 Å². The predicted octanol–water partition coefficient (Wildman–Crippen LogP) is 2.54. The van der Waals surface area contributed by atoms with Crippen molar-refractivity contribution in [3.05, 3.63) is 40.8 Å². The average molecular weight is 248 g/mol. The van der Waals surface area contributed by atoms with Gasteiger partial charge < -0.3 is 0 Å². The molecule has 0 N–H and O–H groups in total. The van der Waals surface area contributed by atoms with Crippen molar-refractivity contribution in [1.29, 1.82) is 0 Å². The van der Waals surface area contributed by atoms with Crippen LogP contribution < -0.4 is 5.56 Å². The van der Waals surface area contributed by atoms with Crippen molar-refractivity contribution >= 4 is 22.5 Å². The van der Waals surface area contributed by atoms with Gasteiger partial charge in [-0.15, -0.1) is 0 Å². The predicted molar refractivity (Wildman–Crippen MR) is 73.6 cm³/mol. The molecule has 0 unspecified atom stereocenters. The molecule has 0 bridgehead atoms. The largest absolute Gasteiger partial charge is 0.274 e. The number of thioether (sulfide) groups is 1. The summed E-state index contributed by atoms with van der Waals surface area (Å²) < 4.78 is 1.57. The Morgan fingerprint density at radius 1 is 1.35 bits per heavy atom. The van der Waals surface area contributed by atoms with Crippen LogP contribution in [-0.4, -0.2) is 21.3 Å². The minimum atomic E-state index is 0.0181. The Morgan fingerprint density at radius 2 is 2.18 bits per heavy atom. The molecule has 0 aliphatic carbocycles. The van der Waals surface area contributed by atoms with Crippen LogP contribution in [0.5, 0.6) is 0 Å². The first kappa shape index (κ1) is 12.2. The number of hydrogen-bond acceptors (Lipinski definition) is 3. The van der Waals surface area contributed by atoms with E-state index in [0.29, 0.717) is 6.54 Å². The Bertz CT molecular complexity index is 550. The lowest BCUT2D eigenvalue weighted by Crippen LogP contribution is -2.23. The van der Waals surface area contributed by atoms with Crippen molar-refractivity contribution < 1.29 is 0 Å². The van der Waals surface area contributed by atoms with Crippen LogP contribution >= 0.6 is 11.8 Å². The zero-order valence-corrected chi connectivity index (χ0v) is 10.7. The highest BCUT2D eigenvalue weighted by molar-refractivity contribution is 7.99. The van der Waals surface area contributed by atoms with Gasteiger partial charge in [-0.1, -0.05) is 25.1 Å². The molecule has 0 saturated heterocycles. The van der Waals surface area contributed by atoms with E-state index in [2.05, 4.69) is 12.0 Å². The molecule has 0 atom stereocenters. The molecule has 0 amide bonds. The molecule has 3 nitrogen and oxygen atoms in total. The Labute approximate surface area is 105 Å². The highest BCUT2D eigenvalue weighted by atomic mass is 32.2.